The molecule has 0 saturated carbocycles. The van der Waals surface area contributed by atoms with Gasteiger partial charge >= 0.3 is 0 Å². The molecule has 136 valence electrons. The number of amides is 1. The summed E-state index contributed by atoms with van der Waals surface area (Å²) in [4.78, 5) is 16.0. The molecule has 2 aromatic carbocycles. The minimum absolute atomic E-state index is 0.0351. The fraction of sp³-hybridized carbons (Fsp3) is 0.222. The van der Waals surface area contributed by atoms with Crippen molar-refractivity contribution in [3.8, 4) is 0 Å². The third-order valence-corrected chi connectivity index (χ3v) is 6.32. The van der Waals surface area contributed by atoms with Crippen LogP contribution >= 0.6 is 11.3 Å². The number of nitrogens with zero attached hydrogens (tertiary/aromatic N) is 1. The predicted octanol–water partition coefficient (Wildman–Crippen LogP) is 3.77. The number of para-hydroxylation sites is 1. The molecule has 0 fully saturated rings. The van der Waals surface area contributed by atoms with Crippen LogP contribution in [0.1, 0.15) is 18.4 Å². The van der Waals surface area contributed by atoms with Crippen LogP contribution in [0.15, 0.2) is 48.5 Å². The van der Waals surface area contributed by atoms with Crippen molar-refractivity contribution >= 4 is 42.4 Å². The van der Waals surface area contributed by atoms with Gasteiger partial charge in [0.15, 0.2) is 15.0 Å². The number of thiazole rings is 1. The molecule has 1 aromatic heterocycles. The van der Waals surface area contributed by atoms with Crippen molar-refractivity contribution in [2.24, 2.45) is 0 Å². The van der Waals surface area contributed by atoms with E-state index in [4.69, 9.17) is 0 Å². The van der Waals surface area contributed by atoms with Gasteiger partial charge in [0.2, 0.25) is 5.91 Å². The Morgan fingerprint density at radius 1 is 1.12 bits per heavy atom. The number of aromatic nitrogens is 1. The second-order valence-corrected chi connectivity index (χ2v) is 9.05. The zero-order valence-corrected chi connectivity index (χ0v) is 15.4. The minimum Gasteiger partial charge on any atom is -0.302 e. The summed E-state index contributed by atoms with van der Waals surface area (Å²) in [5.74, 6) is -0.873. The molecule has 5 nitrogen and oxygen atoms in total. The number of carbonyl (C=O) groups excluding carboxylic acids is 1. The number of hydrogen-bond donors (Lipinski definition) is 1. The van der Waals surface area contributed by atoms with Crippen LogP contribution in [0.5, 0.6) is 0 Å². The molecule has 8 heteroatoms. The highest BCUT2D eigenvalue weighted by atomic mass is 32.2. The van der Waals surface area contributed by atoms with Crippen LogP contribution in [-0.2, 0) is 20.4 Å². The number of hydrogen-bond acceptors (Lipinski definition) is 5. The average Bonchev–Trinajstić information content (AvgIpc) is 2.99. The summed E-state index contributed by atoms with van der Waals surface area (Å²) in [6.45, 7) is 0. The molecule has 1 heterocycles. The Morgan fingerprint density at radius 2 is 1.88 bits per heavy atom. The first-order valence-electron chi connectivity index (χ1n) is 8.02. The first-order valence-corrected chi connectivity index (χ1v) is 10.7. The second kappa shape index (κ2) is 7.92. The van der Waals surface area contributed by atoms with E-state index in [1.807, 2.05) is 6.07 Å². The molecule has 0 aliphatic carbocycles. The first-order chi connectivity index (χ1) is 12.4. The number of halogens is 1. The lowest BCUT2D eigenvalue weighted by Gasteiger charge is -2.05. The second-order valence-electron chi connectivity index (χ2n) is 5.83. The summed E-state index contributed by atoms with van der Waals surface area (Å²) in [7, 11) is -3.27. The smallest absolute Gasteiger partial charge is 0.226 e. The van der Waals surface area contributed by atoms with Crippen molar-refractivity contribution in [3.63, 3.8) is 0 Å². The molecule has 3 aromatic rings. The highest BCUT2D eigenvalue weighted by Crippen LogP contribution is 2.27. The third-order valence-electron chi connectivity index (χ3n) is 3.70. The molecule has 0 aliphatic rings. The van der Waals surface area contributed by atoms with Crippen molar-refractivity contribution in [1.29, 1.82) is 0 Å². The van der Waals surface area contributed by atoms with Crippen molar-refractivity contribution < 1.29 is 17.6 Å². The summed E-state index contributed by atoms with van der Waals surface area (Å²) in [5.41, 5.74) is 0.951. The Labute approximate surface area is 154 Å². The summed E-state index contributed by atoms with van der Waals surface area (Å²) < 4.78 is 38.5. The Kier molecular flexibility index (Phi) is 5.63. The van der Waals surface area contributed by atoms with E-state index in [1.54, 1.807) is 36.4 Å². The first kappa shape index (κ1) is 18.5. The van der Waals surface area contributed by atoms with Gasteiger partial charge in [-0.2, -0.15) is 0 Å². The van der Waals surface area contributed by atoms with Crippen LogP contribution in [0, 0.1) is 5.82 Å². The monoisotopic (exact) mass is 392 g/mol. The number of fused-ring (bicyclic) bond motifs is 1. The number of sulfone groups is 1. The molecular formula is C18H17FN2O3S2. The number of carbonyl (C=O) groups is 1. The van der Waals surface area contributed by atoms with E-state index >= 15 is 0 Å². The summed E-state index contributed by atoms with van der Waals surface area (Å²) in [5, 5.41) is 2.91. The Balaban J connectivity index is 1.51. The van der Waals surface area contributed by atoms with E-state index in [9.17, 15) is 17.6 Å². The van der Waals surface area contributed by atoms with Crippen molar-refractivity contribution in [1.82, 2.24) is 4.98 Å². The molecule has 0 bridgehead atoms. The van der Waals surface area contributed by atoms with Gasteiger partial charge in [0.1, 0.15) is 11.3 Å². The highest BCUT2D eigenvalue weighted by molar-refractivity contribution is 7.90. The fourth-order valence-corrected chi connectivity index (χ4v) is 4.83. The SMILES string of the molecule is O=C(CCCS(=O)(=O)Cc1ccccc1)Nc1nc2c(F)cccc2s1. The third kappa shape index (κ3) is 4.86. The van der Waals surface area contributed by atoms with Gasteiger partial charge in [-0.25, -0.2) is 17.8 Å². The molecular weight excluding hydrogens is 375 g/mol. The Morgan fingerprint density at radius 3 is 2.62 bits per heavy atom. The molecule has 1 N–H and O–H groups in total. The maximum absolute atomic E-state index is 13.6. The van der Waals surface area contributed by atoms with E-state index in [2.05, 4.69) is 10.3 Å². The van der Waals surface area contributed by atoms with Gasteiger partial charge in [0, 0.05) is 6.42 Å². The zero-order chi connectivity index (χ0) is 18.6. The average molecular weight is 392 g/mol. The minimum atomic E-state index is -3.27. The van der Waals surface area contributed by atoms with E-state index in [1.165, 1.54) is 17.4 Å². The van der Waals surface area contributed by atoms with Crippen molar-refractivity contribution in [2.45, 2.75) is 18.6 Å². The number of benzene rings is 2. The lowest BCUT2D eigenvalue weighted by molar-refractivity contribution is -0.116. The van der Waals surface area contributed by atoms with Gasteiger partial charge in [-0.15, -0.1) is 0 Å². The molecule has 0 spiro atoms. The van der Waals surface area contributed by atoms with Gasteiger partial charge in [-0.05, 0) is 24.1 Å². The highest BCUT2D eigenvalue weighted by Gasteiger charge is 2.14. The molecule has 0 unspecified atom stereocenters. The topological polar surface area (TPSA) is 76.1 Å². The lowest BCUT2D eigenvalue weighted by Crippen LogP contribution is -2.15. The molecule has 0 aliphatic heterocycles. The number of nitrogens with one attached hydrogen (secondary N) is 1. The van der Waals surface area contributed by atoms with E-state index < -0.39 is 15.7 Å². The quantitative estimate of drug-likeness (QED) is 0.664. The van der Waals surface area contributed by atoms with E-state index in [0.717, 1.165) is 5.56 Å². The van der Waals surface area contributed by atoms with Gasteiger partial charge in [0.25, 0.3) is 0 Å². The van der Waals surface area contributed by atoms with Crippen molar-refractivity contribution in [2.75, 3.05) is 11.1 Å². The van der Waals surface area contributed by atoms with Crippen LogP contribution in [0.2, 0.25) is 0 Å². The van der Waals surface area contributed by atoms with Crippen LogP contribution in [0.4, 0.5) is 9.52 Å². The van der Waals surface area contributed by atoms with Crippen LogP contribution in [-0.4, -0.2) is 25.1 Å². The summed E-state index contributed by atoms with van der Waals surface area (Å²) in [6.07, 6.45) is 0.284. The Hall–Kier alpha value is -2.32. The van der Waals surface area contributed by atoms with Gasteiger partial charge in [-0.1, -0.05) is 47.7 Å². The molecule has 3 rings (SSSR count). The lowest BCUT2D eigenvalue weighted by atomic mass is 10.2. The van der Waals surface area contributed by atoms with E-state index in [-0.39, 0.29) is 35.8 Å². The van der Waals surface area contributed by atoms with Gasteiger partial charge in [-0.3, -0.25) is 4.79 Å². The molecule has 0 radical (unpaired) electrons. The zero-order valence-electron chi connectivity index (χ0n) is 13.8. The van der Waals surface area contributed by atoms with Gasteiger partial charge in [0.05, 0.1) is 16.2 Å². The molecule has 0 saturated heterocycles. The number of anilines is 1. The summed E-state index contributed by atoms with van der Waals surface area (Å²) >= 11 is 1.18. The number of rotatable bonds is 7. The predicted molar refractivity (Wildman–Crippen MR) is 101 cm³/mol. The fourth-order valence-electron chi connectivity index (χ4n) is 2.50. The summed E-state index contributed by atoms with van der Waals surface area (Å²) in [6, 6.07) is 13.5. The Bertz CT molecular complexity index is 1020. The molecule has 0 atom stereocenters. The van der Waals surface area contributed by atoms with Crippen LogP contribution < -0.4 is 5.32 Å². The van der Waals surface area contributed by atoms with E-state index in [0.29, 0.717) is 9.83 Å². The van der Waals surface area contributed by atoms with Crippen molar-refractivity contribution in [3.05, 3.63) is 59.9 Å². The normalized spacial score (nSPS) is 11.6. The van der Waals surface area contributed by atoms with Crippen LogP contribution in [0.25, 0.3) is 10.2 Å². The maximum Gasteiger partial charge on any atom is 0.226 e. The van der Waals surface area contributed by atoms with Gasteiger partial charge < -0.3 is 5.32 Å². The standard InChI is InChI=1S/C18H17FN2O3S2/c19-14-8-4-9-15-17(14)21-18(25-15)20-16(22)10-5-11-26(23,24)12-13-6-2-1-3-7-13/h1-4,6-9H,5,10-12H2,(H,20,21,22). The van der Waals surface area contributed by atoms with Crippen LogP contribution in [0.3, 0.4) is 0 Å². The molecule has 26 heavy (non-hydrogen) atoms. The maximum atomic E-state index is 13.6. The largest absolute Gasteiger partial charge is 0.302 e. The molecule has 1 amide bonds.